The minimum atomic E-state index is -0.242. The van der Waals surface area contributed by atoms with Crippen molar-refractivity contribution in [2.75, 3.05) is 34.0 Å². The molecule has 162 valence electrons. The lowest BCUT2D eigenvalue weighted by Gasteiger charge is -2.13. The fraction of sp³-hybridized carbons (Fsp3) is 0.364. The molecular formula is C22H28N2O6. The van der Waals surface area contributed by atoms with Gasteiger partial charge in [-0.25, -0.2) is 0 Å². The zero-order valence-electron chi connectivity index (χ0n) is 17.7. The highest BCUT2D eigenvalue weighted by Crippen LogP contribution is 2.29. The van der Waals surface area contributed by atoms with E-state index in [1.165, 1.54) is 7.11 Å². The number of hydrogen-bond donors (Lipinski definition) is 2. The Morgan fingerprint density at radius 1 is 0.833 bits per heavy atom. The van der Waals surface area contributed by atoms with Crippen molar-refractivity contribution in [1.29, 1.82) is 0 Å². The number of hydrogen-bond acceptors (Lipinski definition) is 6. The number of ether oxygens (including phenoxy) is 4. The van der Waals surface area contributed by atoms with Gasteiger partial charge >= 0.3 is 0 Å². The summed E-state index contributed by atoms with van der Waals surface area (Å²) in [6.45, 7) is 4.91. The number of rotatable bonds is 11. The van der Waals surface area contributed by atoms with Crippen molar-refractivity contribution in [1.82, 2.24) is 10.6 Å². The summed E-state index contributed by atoms with van der Waals surface area (Å²) in [5, 5.41) is 5.53. The number of likely N-dealkylation sites (N-methyl/N-ethyl adjacent to an activating group) is 1. The summed E-state index contributed by atoms with van der Waals surface area (Å²) in [6.07, 6.45) is 0. The molecule has 2 rings (SSSR count). The zero-order valence-corrected chi connectivity index (χ0v) is 17.7. The summed E-state index contributed by atoms with van der Waals surface area (Å²) in [5.41, 5.74) is 1.29. The van der Waals surface area contributed by atoms with Crippen LogP contribution in [-0.2, 0) is 11.3 Å². The van der Waals surface area contributed by atoms with Gasteiger partial charge in [-0.3, -0.25) is 9.59 Å². The van der Waals surface area contributed by atoms with Crippen LogP contribution in [0, 0.1) is 0 Å². The van der Waals surface area contributed by atoms with Gasteiger partial charge in [0.2, 0.25) is 0 Å². The van der Waals surface area contributed by atoms with Crippen molar-refractivity contribution in [2.45, 2.75) is 20.4 Å². The normalized spacial score (nSPS) is 10.1. The molecule has 0 spiro atoms. The third-order valence-electron chi connectivity index (χ3n) is 4.14. The molecule has 30 heavy (non-hydrogen) atoms. The van der Waals surface area contributed by atoms with Crippen LogP contribution >= 0.6 is 0 Å². The Labute approximate surface area is 176 Å². The van der Waals surface area contributed by atoms with E-state index >= 15 is 0 Å². The van der Waals surface area contributed by atoms with Gasteiger partial charge in [0.1, 0.15) is 0 Å². The van der Waals surface area contributed by atoms with E-state index in [0.717, 1.165) is 5.56 Å². The highest BCUT2D eigenvalue weighted by molar-refractivity contribution is 5.94. The van der Waals surface area contributed by atoms with Gasteiger partial charge in [-0.15, -0.1) is 0 Å². The van der Waals surface area contributed by atoms with Gasteiger partial charge in [0.15, 0.2) is 29.6 Å². The Morgan fingerprint density at radius 3 is 2.23 bits per heavy atom. The number of methoxy groups -OCH3 is 2. The van der Waals surface area contributed by atoms with Crippen molar-refractivity contribution in [3.63, 3.8) is 0 Å². The van der Waals surface area contributed by atoms with Gasteiger partial charge in [0.25, 0.3) is 11.8 Å². The van der Waals surface area contributed by atoms with Crippen molar-refractivity contribution in [2.24, 2.45) is 0 Å². The van der Waals surface area contributed by atoms with Gasteiger partial charge in [0.05, 0.1) is 20.8 Å². The summed E-state index contributed by atoms with van der Waals surface area (Å²) in [6, 6.07) is 10.3. The monoisotopic (exact) mass is 416 g/mol. The lowest BCUT2D eigenvalue weighted by molar-refractivity contribution is -0.123. The molecule has 0 unspecified atom stereocenters. The number of benzene rings is 2. The molecule has 2 N–H and O–H groups in total. The molecule has 0 bridgehead atoms. The third kappa shape index (κ3) is 6.30. The Bertz CT molecular complexity index is 869. The molecule has 0 saturated heterocycles. The van der Waals surface area contributed by atoms with E-state index in [-0.39, 0.29) is 18.4 Å². The van der Waals surface area contributed by atoms with Crippen LogP contribution in [0.15, 0.2) is 36.4 Å². The second-order valence-electron chi connectivity index (χ2n) is 6.21. The predicted molar refractivity (Wildman–Crippen MR) is 113 cm³/mol. The first-order chi connectivity index (χ1) is 14.5. The van der Waals surface area contributed by atoms with E-state index in [4.69, 9.17) is 18.9 Å². The molecule has 0 aliphatic heterocycles. The first-order valence-electron chi connectivity index (χ1n) is 9.67. The maximum absolute atomic E-state index is 12.5. The topological polar surface area (TPSA) is 95.1 Å². The van der Waals surface area contributed by atoms with Crippen molar-refractivity contribution in [3.05, 3.63) is 47.5 Å². The average Bonchev–Trinajstić information content (AvgIpc) is 2.76. The summed E-state index contributed by atoms with van der Waals surface area (Å²) in [4.78, 5) is 24.1. The molecule has 0 radical (unpaired) electrons. The minimum Gasteiger partial charge on any atom is -0.493 e. The van der Waals surface area contributed by atoms with E-state index in [0.29, 0.717) is 48.3 Å². The fourth-order valence-corrected chi connectivity index (χ4v) is 2.70. The number of carbonyl (C=O) groups excluding carboxylic acids is 2. The minimum absolute atomic E-state index is 0.0973. The number of amides is 2. The Kier molecular flexibility index (Phi) is 8.80. The quantitative estimate of drug-likeness (QED) is 0.585. The third-order valence-corrected chi connectivity index (χ3v) is 4.14. The SMILES string of the molecule is CCNC(=O)COc1ccc(CNC(=O)c2ccc(OC)c(OCC)c2)cc1OC. The Morgan fingerprint density at radius 2 is 1.57 bits per heavy atom. The smallest absolute Gasteiger partial charge is 0.257 e. The zero-order chi connectivity index (χ0) is 21.9. The molecule has 0 atom stereocenters. The maximum Gasteiger partial charge on any atom is 0.257 e. The van der Waals surface area contributed by atoms with Crippen molar-refractivity contribution < 1.29 is 28.5 Å². The molecule has 2 aromatic carbocycles. The van der Waals surface area contributed by atoms with Crippen LogP contribution < -0.4 is 29.6 Å². The molecule has 0 aromatic heterocycles. The largest absolute Gasteiger partial charge is 0.493 e. The highest BCUT2D eigenvalue weighted by Gasteiger charge is 2.12. The maximum atomic E-state index is 12.5. The summed E-state index contributed by atoms with van der Waals surface area (Å²) in [7, 11) is 3.07. The van der Waals surface area contributed by atoms with Crippen LogP contribution in [0.1, 0.15) is 29.8 Å². The van der Waals surface area contributed by atoms with Crippen LogP contribution in [0.5, 0.6) is 23.0 Å². The fourth-order valence-electron chi connectivity index (χ4n) is 2.70. The lowest BCUT2D eigenvalue weighted by Crippen LogP contribution is -2.28. The van der Waals surface area contributed by atoms with Crippen molar-refractivity contribution in [3.8, 4) is 23.0 Å². The molecule has 2 aromatic rings. The molecule has 0 aliphatic carbocycles. The molecule has 8 heteroatoms. The summed E-state index contributed by atoms with van der Waals surface area (Å²) >= 11 is 0. The van der Waals surface area contributed by atoms with E-state index < -0.39 is 0 Å². The molecule has 2 amide bonds. The van der Waals surface area contributed by atoms with Gasteiger partial charge < -0.3 is 29.6 Å². The van der Waals surface area contributed by atoms with Crippen molar-refractivity contribution >= 4 is 11.8 Å². The van der Waals surface area contributed by atoms with E-state index in [9.17, 15) is 9.59 Å². The Balaban J connectivity index is 2.02. The van der Waals surface area contributed by atoms with Crippen LogP contribution in [0.2, 0.25) is 0 Å². The van der Waals surface area contributed by atoms with Gasteiger partial charge in [-0.1, -0.05) is 6.07 Å². The van der Waals surface area contributed by atoms with Gasteiger partial charge in [-0.05, 0) is 49.7 Å². The number of carbonyl (C=O) groups is 2. The Hall–Kier alpha value is -3.42. The first-order valence-corrected chi connectivity index (χ1v) is 9.67. The highest BCUT2D eigenvalue weighted by atomic mass is 16.5. The van der Waals surface area contributed by atoms with Gasteiger partial charge in [-0.2, -0.15) is 0 Å². The van der Waals surface area contributed by atoms with Crippen LogP contribution in [0.3, 0.4) is 0 Å². The van der Waals surface area contributed by atoms with Crippen LogP contribution in [-0.4, -0.2) is 45.8 Å². The molecule has 0 aliphatic rings. The van der Waals surface area contributed by atoms with E-state index in [1.807, 2.05) is 13.8 Å². The predicted octanol–water partition coefficient (Wildman–Crippen LogP) is 2.55. The van der Waals surface area contributed by atoms with Gasteiger partial charge in [0, 0.05) is 18.7 Å². The molecule has 0 heterocycles. The first kappa shape index (κ1) is 22.9. The standard InChI is InChI=1S/C22H28N2O6/c1-5-23-21(25)14-30-18-9-7-15(11-19(18)28-4)13-24-22(26)16-8-10-17(27-3)20(12-16)29-6-2/h7-12H,5-6,13-14H2,1-4H3,(H,23,25)(H,24,26). The molecule has 0 saturated carbocycles. The summed E-state index contributed by atoms with van der Waals surface area (Å²) in [5.74, 6) is 1.57. The van der Waals surface area contributed by atoms with Crippen LogP contribution in [0.25, 0.3) is 0 Å². The second kappa shape index (κ2) is 11.5. The second-order valence-corrected chi connectivity index (χ2v) is 6.21. The van der Waals surface area contributed by atoms with Crippen LogP contribution in [0.4, 0.5) is 0 Å². The summed E-state index contributed by atoms with van der Waals surface area (Å²) < 4.78 is 21.6. The van der Waals surface area contributed by atoms with E-state index in [1.54, 1.807) is 43.5 Å². The lowest BCUT2D eigenvalue weighted by atomic mass is 10.1. The molecule has 8 nitrogen and oxygen atoms in total. The average molecular weight is 416 g/mol. The molecule has 0 fully saturated rings. The molecular weight excluding hydrogens is 388 g/mol. The van der Waals surface area contributed by atoms with E-state index in [2.05, 4.69) is 10.6 Å². The number of nitrogens with one attached hydrogen (secondary N) is 2.